The van der Waals surface area contributed by atoms with Gasteiger partial charge in [0.25, 0.3) is 11.5 Å². The molecule has 0 radical (unpaired) electrons. The minimum atomic E-state index is -1.52. The van der Waals surface area contributed by atoms with Crippen LogP contribution >= 0.6 is 0 Å². The minimum Gasteiger partial charge on any atom is -0.481 e. The predicted molar refractivity (Wildman–Crippen MR) is 175 cm³/mol. The molecule has 49 heavy (non-hydrogen) atoms. The van der Waals surface area contributed by atoms with Crippen LogP contribution in [-0.4, -0.2) is 90.4 Å². The van der Waals surface area contributed by atoms with Gasteiger partial charge in [0, 0.05) is 30.3 Å². The number of benzene rings is 1. The van der Waals surface area contributed by atoms with Crippen LogP contribution in [0.3, 0.4) is 0 Å². The minimum absolute atomic E-state index is 0.0155. The third-order valence-electron chi connectivity index (χ3n) is 6.91. The van der Waals surface area contributed by atoms with Gasteiger partial charge in [0.05, 0.1) is 24.9 Å². The average Bonchev–Trinajstić information content (AvgIpc) is 3.03. The highest BCUT2D eigenvalue weighted by Gasteiger charge is 2.29. The van der Waals surface area contributed by atoms with Crippen molar-refractivity contribution in [2.24, 2.45) is 5.73 Å². The fraction of sp³-hybridized carbons (Fsp3) is 0.379. The largest absolute Gasteiger partial charge is 0.481 e. The number of carbonyl (C=O) groups is 5. The van der Waals surface area contributed by atoms with Gasteiger partial charge in [0.1, 0.15) is 12.1 Å². The molecule has 2 heterocycles. The quantitative estimate of drug-likeness (QED) is 0.0417. The lowest BCUT2D eigenvalue weighted by atomic mass is 10.1. The van der Waals surface area contributed by atoms with Crippen molar-refractivity contribution in [2.45, 2.75) is 63.7 Å². The van der Waals surface area contributed by atoms with Crippen molar-refractivity contribution in [1.29, 1.82) is 5.41 Å². The number of H-pyrrole nitrogens is 1. The molecule has 3 atom stereocenters. The number of aromatic nitrogens is 4. The number of carboxylic acids is 2. The first kappa shape index (κ1) is 37.1. The maximum atomic E-state index is 13.2. The van der Waals surface area contributed by atoms with Gasteiger partial charge in [-0.1, -0.05) is 0 Å². The first-order valence-corrected chi connectivity index (χ1v) is 15.0. The lowest BCUT2D eigenvalue weighted by Crippen LogP contribution is -2.55. The molecule has 0 aliphatic rings. The number of guanidine groups is 1. The Morgan fingerprint density at radius 2 is 1.65 bits per heavy atom. The van der Waals surface area contributed by atoms with Gasteiger partial charge in [0.2, 0.25) is 17.8 Å². The van der Waals surface area contributed by atoms with Crippen molar-refractivity contribution in [3.05, 3.63) is 52.1 Å². The number of rotatable bonds is 18. The maximum absolute atomic E-state index is 13.2. The summed E-state index contributed by atoms with van der Waals surface area (Å²) in [4.78, 5) is 88.6. The summed E-state index contributed by atoms with van der Waals surface area (Å²) >= 11 is 0. The summed E-state index contributed by atoms with van der Waals surface area (Å²) in [5, 5.41) is 38.8. The van der Waals surface area contributed by atoms with E-state index in [0.29, 0.717) is 30.8 Å². The number of aromatic amines is 1. The molecule has 0 spiro atoms. The zero-order chi connectivity index (χ0) is 36.1. The number of amides is 3. The van der Waals surface area contributed by atoms with Crippen molar-refractivity contribution >= 4 is 58.4 Å². The number of hydrogen-bond donors (Lipinski definition) is 11. The van der Waals surface area contributed by atoms with Gasteiger partial charge in [-0.25, -0.2) is 9.97 Å². The van der Waals surface area contributed by atoms with Crippen molar-refractivity contribution in [2.75, 3.05) is 17.6 Å². The Hall–Kier alpha value is -6.34. The third-order valence-corrected chi connectivity index (χ3v) is 6.91. The number of aliphatic carboxylic acids is 2. The van der Waals surface area contributed by atoms with E-state index in [1.165, 1.54) is 18.3 Å². The molecular formula is C29H38N12O8. The summed E-state index contributed by atoms with van der Waals surface area (Å²) in [7, 11) is 0. The van der Waals surface area contributed by atoms with E-state index in [9.17, 15) is 39.0 Å². The van der Waals surface area contributed by atoms with Gasteiger partial charge in [-0.3, -0.25) is 39.2 Å². The van der Waals surface area contributed by atoms with E-state index >= 15 is 0 Å². The number of nitrogen functional groups attached to an aromatic ring is 1. The summed E-state index contributed by atoms with van der Waals surface area (Å²) in [5.41, 5.74) is 11.4. The zero-order valence-electron chi connectivity index (χ0n) is 26.4. The Balaban J connectivity index is 1.63. The Morgan fingerprint density at radius 3 is 2.31 bits per heavy atom. The van der Waals surface area contributed by atoms with Crippen LogP contribution in [0.5, 0.6) is 0 Å². The van der Waals surface area contributed by atoms with E-state index in [1.807, 2.05) is 0 Å². The molecule has 13 N–H and O–H groups in total. The molecule has 1 aromatic carbocycles. The van der Waals surface area contributed by atoms with Gasteiger partial charge >= 0.3 is 11.9 Å². The molecule has 3 rings (SSSR count). The van der Waals surface area contributed by atoms with E-state index in [1.54, 1.807) is 19.1 Å². The SMILES string of the molecule is C[C@H](CCCNC(=N)N)NC(=O)[C@H](CC(=O)O)NC(=O)[C@H](CCC(=O)O)NC(=O)c1ccc(NCc2cnc3nc(N)[nH]c(=O)c3n2)cc1. The fourth-order valence-electron chi connectivity index (χ4n) is 4.47. The smallest absolute Gasteiger partial charge is 0.305 e. The van der Waals surface area contributed by atoms with E-state index in [-0.39, 0.29) is 41.6 Å². The van der Waals surface area contributed by atoms with Crippen LogP contribution in [0, 0.1) is 5.41 Å². The van der Waals surface area contributed by atoms with Crippen LogP contribution in [0.4, 0.5) is 11.6 Å². The maximum Gasteiger partial charge on any atom is 0.305 e. The highest BCUT2D eigenvalue weighted by Crippen LogP contribution is 2.13. The molecular weight excluding hydrogens is 644 g/mol. The molecule has 0 aliphatic heterocycles. The molecule has 2 aromatic heterocycles. The third kappa shape index (κ3) is 12.1. The number of anilines is 2. The summed E-state index contributed by atoms with van der Waals surface area (Å²) in [6, 6.07) is 2.67. The Kier molecular flexibility index (Phi) is 13.3. The molecule has 0 bridgehead atoms. The van der Waals surface area contributed by atoms with Gasteiger partial charge in [0.15, 0.2) is 17.1 Å². The van der Waals surface area contributed by atoms with Crippen molar-refractivity contribution in [3.8, 4) is 0 Å². The fourth-order valence-corrected chi connectivity index (χ4v) is 4.47. The second kappa shape index (κ2) is 17.5. The van der Waals surface area contributed by atoms with E-state index in [0.717, 1.165) is 0 Å². The molecule has 0 unspecified atom stereocenters. The molecule has 3 amide bonds. The number of fused-ring (bicyclic) bond motifs is 1. The molecule has 20 nitrogen and oxygen atoms in total. The van der Waals surface area contributed by atoms with Crippen LogP contribution in [0.1, 0.15) is 55.1 Å². The van der Waals surface area contributed by atoms with Gasteiger partial charge in [-0.05, 0) is 50.5 Å². The summed E-state index contributed by atoms with van der Waals surface area (Å²) < 4.78 is 0. The van der Waals surface area contributed by atoms with Crippen molar-refractivity contribution in [3.63, 3.8) is 0 Å². The highest BCUT2D eigenvalue weighted by molar-refractivity contribution is 5.99. The van der Waals surface area contributed by atoms with Crippen molar-refractivity contribution < 1.29 is 34.2 Å². The zero-order valence-corrected chi connectivity index (χ0v) is 26.4. The highest BCUT2D eigenvalue weighted by atomic mass is 16.4. The number of nitrogens with zero attached hydrogens (tertiary/aromatic N) is 3. The Bertz CT molecular complexity index is 1750. The summed E-state index contributed by atoms with van der Waals surface area (Å²) in [5.74, 6) is -5.35. The van der Waals surface area contributed by atoms with E-state index < -0.39 is 66.2 Å². The average molecular weight is 683 g/mol. The standard InChI is InChI=1S/C29H38N12O8/c1-14(3-2-10-33-28(30)31)36-26(48)19(11-21(44)45)39-25(47)18(8-9-20(42)43)38-24(46)15-4-6-16(7-5-15)34-12-17-13-35-23-22(37-17)27(49)41-29(32)40-23/h4-7,13-14,18-19,34H,2-3,8-12H2,1H3,(H,36,48)(H,38,46)(H,39,47)(H,42,43)(H,44,45)(H4,30,31,33)(H3,32,35,40,41,49)/t14-,18+,19+/m1/s1. The second-order valence-corrected chi connectivity index (χ2v) is 10.9. The molecule has 20 heteroatoms. The normalized spacial score (nSPS) is 12.6. The first-order valence-electron chi connectivity index (χ1n) is 15.0. The molecule has 0 fully saturated rings. The molecule has 3 aromatic rings. The predicted octanol–water partition coefficient (Wildman–Crippen LogP) is -1.40. The van der Waals surface area contributed by atoms with Crippen LogP contribution in [0.2, 0.25) is 0 Å². The Labute approximate surface area is 278 Å². The molecule has 0 aliphatic carbocycles. The van der Waals surface area contributed by atoms with E-state index in [4.69, 9.17) is 16.9 Å². The number of carbonyl (C=O) groups excluding carboxylic acids is 3. The topological polar surface area (TPSA) is 333 Å². The second-order valence-electron chi connectivity index (χ2n) is 10.9. The number of carboxylic acid groups (broad SMARTS) is 2. The number of hydrogen-bond acceptors (Lipinski definition) is 12. The monoisotopic (exact) mass is 682 g/mol. The van der Waals surface area contributed by atoms with Gasteiger partial charge in [-0.2, -0.15) is 4.98 Å². The summed E-state index contributed by atoms with van der Waals surface area (Å²) in [6.45, 7) is 2.22. The molecule has 0 saturated carbocycles. The number of nitrogens with one attached hydrogen (secondary N) is 7. The lowest BCUT2D eigenvalue weighted by molar-refractivity contribution is -0.141. The summed E-state index contributed by atoms with van der Waals surface area (Å²) in [6.07, 6.45) is 0.801. The van der Waals surface area contributed by atoms with E-state index in [2.05, 4.69) is 46.5 Å². The van der Waals surface area contributed by atoms with Crippen LogP contribution in [0.25, 0.3) is 11.2 Å². The van der Waals surface area contributed by atoms with Crippen LogP contribution in [-0.2, 0) is 25.7 Å². The Morgan fingerprint density at radius 1 is 0.959 bits per heavy atom. The number of nitrogens with two attached hydrogens (primary N) is 2. The van der Waals surface area contributed by atoms with Gasteiger partial charge in [-0.15, -0.1) is 0 Å². The van der Waals surface area contributed by atoms with Crippen LogP contribution < -0.4 is 43.6 Å². The van der Waals surface area contributed by atoms with Gasteiger partial charge < -0.3 is 48.3 Å². The lowest BCUT2D eigenvalue weighted by Gasteiger charge is -2.23. The first-order chi connectivity index (χ1) is 23.2. The van der Waals surface area contributed by atoms with Crippen molar-refractivity contribution in [1.82, 2.24) is 41.2 Å². The molecule has 0 saturated heterocycles. The molecule has 262 valence electrons. The van der Waals surface area contributed by atoms with Crippen LogP contribution in [0.15, 0.2) is 35.3 Å².